The highest BCUT2D eigenvalue weighted by Crippen LogP contribution is 2.30. The van der Waals surface area contributed by atoms with Crippen LogP contribution in [0.4, 0.5) is 0 Å². The molecule has 0 unspecified atom stereocenters. The first-order chi connectivity index (χ1) is 10.8. The quantitative estimate of drug-likeness (QED) is 0.822. The first-order valence-corrected chi connectivity index (χ1v) is 9.72. The molecule has 126 valence electrons. The van der Waals surface area contributed by atoms with Crippen molar-refractivity contribution in [3.8, 4) is 6.07 Å². The smallest absolute Gasteiger partial charge is 0.175 e. The van der Waals surface area contributed by atoms with Crippen LogP contribution in [0.1, 0.15) is 24.8 Å². The Labute approximate surface area is 139 Å². The Bertz CT molecular complexity index is 667. The lowest BCUT2D eigenvalue weighted by molar-refractivity contribution is 0.0566. The zero-order chi connectivity index (χ0) is 17.1. The Morgan fingerprint density at radius 3 is 2.22 bits per heavy atom. The number of rotatable bonds is 5. The number of benzene rings is 1. The number of nitriles is 1. The average Bonchev–Trinajstić information content (AvgIpc) is 2.49. The zero-order valence-electron chi connectivity index (χ0n) is 14.1. The van der Waals surface area contributed by atoms with E-state index in [0.29, 0.717) is 11.3 Å². The summed E-state index contributed by atoms with van der Waals surface area (Å²) in [5.74, 6) is 0. The van der Waals surface area contributed by atoms with Crippen LogP contribution in [0.25, 0.3) is 0 Å². The molecule has 0 aliphatic carbocycles. The predicted molar refractivity (Wildman–Crippen MR) is 90.7 cm³/mol. The van der Waals surface area contributed by atoms with Crippen molar-refractivity contribution in [2.75, 3.05) is 33.4 Å². The Morgan fingerprint density at radius 2 is 1.78 bits per heavy atom. The highest BCUT2D eigenvalue weighted by Gasteiger charge is 2.36. The van der Waals surface area contributed by atoms with E-state index in [0.717, 1.165) is 38.0 Å². The SMILES string of the molecule is CN(C)C1(CC#N)CCN(Cc2ccc(S(C)(=O)=O)cc2)CC1. The normalized spacial score (nSPS) is 18.7. The fraction of sp³-hybridized carbons (Fsp3) is 0.588. The van der Waals surface area contributed by atoms with Gasteiger partial charge in [0.05, 0.1) is 17.4 Å². The van der Waals surface area contributed by atoms with Crippen LogP contribution in [0, 0.1) is 11.3 Å². The molecule has 5 nitrogen and oxygen atoms in total. The highest BCUT2D eigenvalue weighted by molar-refractivity contribution is 7.90. The van der Waals surface area contributed by atoms with Crippen LogP contribution in [-0.2, 0) is 16.4 Å². The van der Waals surface area contributed by atoms with Crippen LogP contribution in [0.3, 0.4) is 0 Å². The van der Waals surface area contributed by atoms with Gasteiger partial charge < -0.3 is 4.90 Å². The number of hydrogen-bond donors (Lipinski definition) is 0. The molecule has 2 rings (SSSR count). The van der Waals surface area contributed by atoms with Crippen LogP contribution < -0.4 is 0 Å². The number of likely N-dealkylation sites (tertiary alicyclic amines) is 1. The van der Waals surface area contributed by atoms with E-state index >= 15 is 0 Å². The highest BCUT2D eigenvalue weighted by atomic mass is 32.2. The van der Waals surface area contributed by atoms with Gasteiger partial charge in [-0.2, -0.15) is 5.26 Å². The van der Waals surface area contributed by atoms with Crippen LogP contribution in [-0.4, -0.2) is 57.2 Å². The van der Waals surface area contributed by atoms with Crippen LogP contribution in [0.15, 0.2) is 29.2 Å². The molecular weight excluding hydrogens is 310 g/mol. The molecule has 1 saturated heterocycles. The summed E-state index contributed by atoms with van der Waals surface area (Å²) in [4.78, 5) is 4.92. The lowest BCUT2D eigenvalue weighted by Crippen LogP contribution is -2.52. The summed E-state index contributed by atoms with van der Waals surface area (Å²) < 4.78 is 23.0. The second kappa shape index (κ2) is 7.00. The van der Waals surface area contributed by atoms with Crippen molar-refractivity contribution in [3.05, 3.63) is 29.8 Å². The number of hydrogen-bond acceptors (Lipinski definition) is 5. The van der Waals surface area contributed by atoms with Crippen molar-refractivity contribution >= 4 is 9.84 Å². The molecule has 1 aliphatic rings. The largest absolute Gasteiger partial charge is 0.303 e. The molecular formula is C17H25N3O2S. The van der Waals surface area contributed by atoms with E-state index in [1.807, 2.05) is 12.1 Å². The van der Waals surface area contributed by atoms with Crippen LogP contribution in [0.5, 0.6) is 0 Å². The average molecular weight is 335 g/mol. The molecule has 0 N–H and O–H groups in total. The van der Waals surface area contributed by atoms with Crippen molar-refractivity contribution in [2.24, 2.45) is 0 Å². The summed E-state index contributed by atoms with van der Waals surface area (Å²) in [6.45, 7) is 2.72. The first-order valence-electron chi connectivity index (χ1n) is 7.83. The lowest BCUT2D eigenvalue weighted by atomic mass is 9.83. The van der Waals surface area contributed by atoms with Crippen molar-refractivity contribution in [3.63, 3.8) is 0 Å². The topological polar surface area (TPSA) is 64.4 Å². The predicted octanol–water partition coefficient (Wildman–Crippen LogP) is 1.90. The molecule has 1 aliphatic heterocycles. The van der Waals surface area contributed by atoms with Gasteiger partial charge in [-0.1, -0.05) is 12.1 Å². The van der Waals surface area contributed by atoms with E-state index < -0.39 is 9.84 Å². The first kappa shape index (κ1) is 17.9. The van der Waals surface area contributed by atoms with E-state index in [2.05, 4.69) is 30.0 Å². The van der Waals surface area contributed by atoms with Gasteiger partial charge in [-0.15, -0.1) is 0 Å². The molecule has 0 aromatic heterocycles. The molecule has 0 amide bonds. The summed E-state index contributed by atoms with van der Waals surface area (Å²) in [6, 6.07) is 9.45. The van der Waals surface area contributed by atoms with Crippen LogP contribution in [0.2, 0.25) is 0 Å². The second-order valence-corrected chi connectivity index (χ2v) is 8.66. The molecule has 0 spiro atoms. The van der Waals surface area contributed by atoms with Crippen molar-refractivity contribution in [1.82, 2.24) is 9.80 Å². The van der Waals surface area contributed by atoms with Gasteiger partial charge in [-0.3, -0.25) is 4.90 Å². The minimum absolute atomic E-state index is 0.00854. The van der Waals surface area contributed by atoms with Gasteiger partial charge >= 0.3 is 0 Å². The number of nitrogens with zero attached hydrogens (tertiary/aromatic N) is 3. The molecule has 0 bridgehead atoms. The standard InChI is InChI=1S/C17H25N3O2S/c1-19(2)17(8-11-18)9-12-20(13-10-17)14-15-4-6-16(7-5-15)23(3,21)22/h4-7H,8-10,12-14H2,1-3H3. The Kier molecular flexibility index (Phi) is 5.45. The second-order valence-electron chi connectivity index (χ2n) is 6.65. The maximum Gasteiger partial charge on any atom is 0.175 e. The fourth-order valence-corrected chi connectivity index (χ4v) is 3.79. The third-order valence-electron chi connectivity index (χ3n) is 4.90. The summed E-state index contributed by atoms with van der Waals surface area (Å²) in [6.07, 6.45) is 3.75. The van der Waals surface area contributed by atoms with Gasteiger partial charge in [-0.05, 0) is 44.6 Å². The van der Waals surface area contributed by atoms with E-state index in [-0.39, 0.29) is 5.54 Å². The third kappa shape index (κ3) is 4.31. The Balaban J connectivity index is 1.98. The van der Waals surface area contributed by atoms with E-state index in [1.165, 1.54) is 6.26 Å². The van der Waals surface area contributed by atoms with Crippen molar-refractivity contribution in [2.45, 2.75) is 36.2 Å². The molecule has 1 fully saturated rings. The maximum atomic E-state index is 11.5. The number of sulfone groups is 1. The van der Waals surface area contributed by atoms with E-state index in [9.17, 15) is 8.42 Å². The Morgan fingerprint density at radius 1 is 1.22 bits per heavy atom. The summed E-state index contributed by atoms with van der Waals surface area (Å²) >= 11 is 0. The summed E-state index contributed by atoms with van der Waals surface area (Å²) in [7, 11) is 0.971. The lowest BCUT2D eigenvalue weighted by Gasteiger charge is -2.45. The molecule has 1 aromatic rings. The number of piperidine rings is 1. The molecule has 0 saturated carbocycles. The molecule has 0 radical (unpaired) electrons. The van der Waals surface area contributed by atoms with E-state index in [1.54, 1.807) is 12.1 Å². The van der Waals surface area contributed by atoms with Crippen LogP contribution >= 0.6 is 0 Å². The van der Waals surface area contributed by atoms with Gasteiger partial charge in [0, 0.05) is 31.4 Å². The maximum absolute atomic E-state index is 11.5. The minimum atomic E-state index is -3.13. The zero-order valence-corrected chi connectivity index (χ0v) is 14.9. The fourth-order valence-electron chi connectivity index (χ4n) is 3.16. The summed E-state index contributed by atoms with van der Waals surface area (Å²) in [5, 5.41) is 9.09. The van der Waals surface area contributed by atoms with Gasteiger partial charge in [-0.25, -0.2) is 8.42 Å². The molecule has 23 heavy (non-hydrogen) atoms. The van der Waals surface area contributed by atoms with Gasteiger partial charge in [0.1, 0.15) is 0 Å². The monoisotopic (exact) mass is 335 g/mol. The van der Waals surface area contributed by atoms with Gasteiger partial charge in [0.2, 0.25) is 0 Å². The summed E-state index contributed by atoms with van der Waals surface area (Å²) in [5.41, 5.74) is 1.11. The molecule has 0 atom stereocenters. The van der Waals surface area contributed by atoms with Gasteiger partial charge in [0.15, 0.2) is 9.84 Å². The Hall–Kier alpha value is -1.42. The third-order valence-corrected chi connectivity index (χ3v) is 6.03. The molecule has 1 heterocycles. The van der Waals surface area contributed by atoms with Gasteiger partial charge in [0.25, 0.3) is 0 Å². The van der Waals surface area contributed by atoms with Crippen molar-refractivity contribution < 1.29 is 8.42 Å². The minimum Gasteiger partial charge on any atom is -0.303 e. The molecule has 1 aromatic carbocycles. The van der Waals surface area contributed by atoms with Crippen molar-refractivity contribution in [1.29, 1.82) is 5.26 Å². The van der Waals surface area contributed by atoms with E-state index in [4.69, 9.17) is 5.26 Å². The molecule has 6 heteroatoms.